The summed E-state index contributed by atoms with van der Waals surface area (Å²) in [5.74, 6) is -0.279. The first-order chi connectivity index (χ1) is 4.61. The molecule has 1 rings (SSSR count). The first kappa shape index (κ1) is 7.54. The van der Waals surface area contributed by atoms with Gasteiger partial charge in [-0.1, -0.05) is 0 Å². The molecule has 1 aliphatic heterocycles. The number of halogens is 1. The molecule has 0 radical (unpaired) electrons. The van der Waals surface area contributed by atoms with Crippen LogP contribution in [0.1, 0.15) is 6.42 Å². The molecule has 0 aromatic heterocycles. The van der Waals surface area contributed by atoms with Gasteiger partial charge in [-0.25, -0.2) is 0 Å². The Morgan fingerprint density at radius 2 is 2.40 bits per heavy atom. The van der Waals surface area contributed by atoms with Crippen LogP contribution in [-0.2, 0) is 9.59 Å². The van der Waals surface area contributed by atoms with Crippen molar-refractivity contribution < 1.29 is 9.59 Å². The van der Waals surface area contributed by atoms with E-state index in [2.05, 4.69) is 0 Å². The minimum absolute atomic E-state index is 0.000926. The minimum Gasteiger partial charge on any atom is -0.345 e. The van der Waals surface area contributed by atoms with E-state index in [1.165, 1.54) is 4.90 Å². The Morgan fingerprint density at radius 3 is 2.60 bits per heavy atom. The van der Waals surface area contributed by atoms with Crippen LogP contribution < -0.4 is 0 Å². The van der Waals surface area contributed by atoms with Crippen molar-refractivity contribution in [2.45, 2.75) is 6.42 Å². The van der Waals surface area contributed by atoms with Crippen molar-refractivity contribution >= 4 is 22.8 Å². The molecule has 1 amide bonds. The Morgan fingerprint density at radius 1 is 1.80 bits per heavy atom. The number of amides is 1. The summed E-state index contributed by atoms with van der Waals surface area (Å²) in [7, 11) is 1.67. The third-order valence-corrected chi connectivity index (χ3v) is 1.97. The molecule has 1 aliphatic rings. The molecule has 4 heteroatoms. The van der Waals surface area contributed by atoms with E-state index in [0.717, 1.165) is 0 Å². The number of rotatable bonds is 1. The summed E-state index contributed by atoms with van der Waals surface area (Å²) in [5, 5.41) is -0.405. The Balaban J connectivity index is 2.57. The largest absolute Gasteiger partial charge is 0.345 e. The molecule has 56 valence electrons. The second kappa shape index (κ2) is 2.58. The zero-order valence-electron chi connectivity index (χ0n) is 5.63. The van der Waals surface area contributed by atoms with Gasteiger partial charge in [-0.3, -0.25) is 9.59 Å². The standard InChI is InChI=1S/C6H8ClNO2/c1-8-3-4(6(7)10)2-5(8)9/h4H,2-3H2,1H3. The van der Waals surface area contributed by atoms with E-state index in [4.69, 9.17) is 11.6 Å². The maximum atomic E-state index is 10.8. The van der Waals surface area contributed by atoms with Gasteiger partial charge in [0.05, 0.1) is 5.92 Å². The van der Waals surface area contributed by atoms with E-state index in [9.17, 15) is 9.59 Å². The van der Waals surface area contributed by atoms with Crippen molar-refractivity contribution in [3.05, 3.63) is 0 Å². The Bertz CT molecular complexity index is 181. The Labute approximate surface area is 63.9 Å². The van der Waals surface area contributed by atoms with Gasteiger partial charge >= 0.3 is 0 Å². The van der Waals surface area contributed by atoms with Crippen molar-refractivity contribution in [2.24, 2.45) is 5.92 Å². The summed E-state index contributed by atoms with van der Waals surface area (Å²) < 4.78 is 0. The second-order valence-corrected chi connectivity index (χ2v) is 2.85. The van der Waals surface area contributed by atoms with E-state index in [1.54, 1.807) is 7.05 Å². The molecule has 0 saturated carbocycles. The third-order valence-electron chi connectivity index (χ3n) is 1.66. The van der Waals surface area contributed by atoms with Crippen LogP contribution in [0.3, 0.4) is 0 Å². The molecule has 1 fully saturated rings. The number of hydrogen-bond donors (Lipinski definition) is 0. The van der Waals surface area contributed by atoms with Gasteiger partial charge in [0, 0.05) is 20.0 Å². The summed E-state index contributed by atoms with van der Waals surface area (Å²) in [4.78, 5) is 22.8. The highest BCUT2D eigenvalue weighted by Crippen LogP contribution is 2.17. The fourth-order valence-electron chi connectivity index (χ4n) is 1.02. The molecule has 1 atom stereocenters. The third kappa shape index (κ3) is 1.29. The molecule has 1 unspecified atom stereocenters. The molecule has 0 aromatic carbocycles. The highest BCUT2D eigenvalue weighted by Gasteiger charge is 2.30. The molecular weight excluding hydrogens is 154 g/mol. The average Bonchev–Trinajstić information content (AvgIpc) is 2.13. The van der Waals surface area contributed by atoms with Crippen LogP contribution in [0.5, 0.6) is 0 Å². The van der Waals surface area contributed by atoms with Crippen LogP contribution in [0, 0.1) is 5.92 Å². The molecule has 0 bridgehead atoms. The number of carbonyl (C=O) groups is 2. The normalized spacial score (nSPS) is 25.6. The number of likely N-dealkylation sites (tertiary alicyclic amines) is 1. The molecule has 1 heterocycles. The Kier molecular flexibility index (Phi) is 1.94. The van der Waals surface area contributed by atoms with Crippen LogP contribution in [-0.4, -0.2) is 29.6 Å². The first-order valence-electron chi connectivity index (χ1n) is 3.04. The summed E-state index contributed by atoms with van der Waals surface area (Å²) in [6, 6.07) is 0. The van der Waals surface area contributed by atoms with E-state index in [1.807, 2.05) is 0 Å². The highest BCUT2D eigenvalue weighted by molar-refractivity contribution is 6.64. The second-order valence-electron chi connectivity index (χ2n) is 2.48. The van der Waals surface area contributed by atoms with Gasteiger partial charge in [-0.15, -0.1) is 0 Å². The lowest BCUT2D eigenvalue weighted by molar-refractivity contribution is -0.127. The van der Waals surface area contributed by atoms with E-state index in [0.29, 0.717) is 6.54 Å². The summed E-state index contributed by atoms with van der Waals surface area (Å²) in [5.41, 5.74) is 0. The molecule has 0 aliphatic carbocycles. The minimum atomic E-state index is -0.405. The molecule has 0 N–H and O–H groups in total. The number of carbonyl (C=O) groups excluding carboxylic acids is 2. The van der Waals surface area contributed by atoms with E-state index < -0.39 is 5.24 Å². The molecule has 0 spiro atoms. The van der Waals surface area contributed by atoms with Gasteiger partial charge in [0.2, 0.25) is 11.1 Å². The van der Waals surface area contributed by atoms with Crippen LogP contribution in [0.25, 0.3) is 0 Å². The van der Waals surface area contributed by atoms with Crippen molar-refractivity contribution in [3.8, 4) is 0 Å². The van der Waals surface area contributed by atoms with Gasteiger partial charge in [0.15, 0.2) is 0 Å². The van der Waals surface area contributed by atoms with Gasteiger partial charge < -0.3 is 4.90 Å². The van der Waals surface area contributed by atoms with Crippen LogP contribution in [0.2, 0.25) is 0 Å². The summed E-state index contributed by atoms with van der Waals surface area (Å²) in [6.07, 6.45) is 0.277. The fourth-order valence-corrected chi connectivity index (χ4v) is 1.16. The molecule has 1 saturated heterocycles. The van der Waals surface area contributed by atoms with Crippen molar-refractivity contribution in [2.75, 3.05) is 13.6 Å². The quantitative estimate of drug-likeness (QED) is 0.517. The van der Waals surface area contributed by atoms with Gasteiger partial charge in [0.25, 0.3) is 0 Å². The maximum Gasteiger partial charge on any atom is 0.227 e. The van der Waals surface area contributed by atoms with Crippen molar-refractivity contribution in [1.29, 1.82) is 0 Å². The van der Waals surface area contributed by atoms with Crippen molar-refractivity contribution in [3.63, 3.8) is 0 Å². The monoisotopic (exact) mass is 161 g/mol. The lowest BCUT2D eigenvalue weighted by Gasteiger charge is -2.05. The first-order valence-corrected chi connectivity index (χ1v) is 3.42. The predicted octanol–water partition coefficient (Wildman–Crippen LogP) is 0.230. The number of nitrogens with zero attached hydrogens (tertiary/aromatic N) is 1. The molecule has 3 nitrogen and oxygen atoms in total. The zero-order valence-corrected chi connectivity index (χ0v) is 6.39. The topological polar surface area (TPSA) is 37.4 Å². The van der Waals surface area contributed by atoms with Crippen LogP contribution >= 0.6 is 11.6 Å². The SMILES string of the molecule is CN1CC(C(=O)Cl)CC1=O. The van der Waals surface area contributed by atoms with Crippen LogP contribution in [0.4, 0.5) is 0 Å². The van der Waals surface area contributed by atoms with Gasteiger partial charge in [-0.2, -0.15) is 0 Å². The van der Waals surface area contributed by atoms with Crippen molar-refractivity contribution in [1.82, 2.24) is 4.90 Å². The summed E-state index contributed by atoms with van der Waals surface area (Å²) in [6.45, 7) is 0.473. The van der Waals surface area contributed by atoms with Crippen LogP contribution in [0.15, 0.2) is 0 Å². The smallest absolute Gasteiger partial charge is 0.227 e. The van der Waals surface area contributed by atoms with Gasteiger partial charge in [0.1, 0.15) is 0 Å². The lowest BCUT2D eigenvalue weighted by Crippen LogP contribution is -2.19. The zero-order chi connectivity index (χ0) is 7.72. The predicted molar refractivity (Wildman–Crippen MR) is 36.6 cm³/mol. The molecule has 0 aromatic rings. The summed E-state index contributed by atoms with van der Waals surface area (Å²) >= 11 is 5.20. The van der Waals surface area contributed by atoms with E-state index >= 15 is 0 Å². The highest BCUT2D eigenvalue weighted by atomic mass is 35.5. The maximum absolute atomic E-state index is 10.8. The average molecular weight is 162 g/mol. The van der Waals surface area contributed by atoms with Gasteiger partial charge in [-0.05, 0) is 11.6 Å². The number of hydrogen-bond acceptors (Lipinski definition) is 2. The Hall–Kier alpha value is -0.570. The molecule has 10 heavy (non-hydrogen) atoms. The van der Waals surface area contributed by atoms with E-state index in [-0.39, 0.29) is 18.2 Å². The molecular formula is C6H8ClNO2. The lowest BCUT2D eigenvalue weighted by atomic mass is 10.1. The fraction of sp³-hybridized carbons (Fsp3) is 0.667.